The smallest absolute Gasteiger partial charge is 0.466 e. The normalized spacial score (nSPS) is 19.1. The summed E-state index contributed by atoms with van der Waals surface area (Å²) in [5.74, 6) is 5.20. The topological polar surface area (TPSA) is 46.2 Å². The van der Waals surface area contributed by atoms with Crippen LogP contribution >= 0.6 is 0 Å². The summed E-state index contributed by atoms with van der Waals surface area (Å²) in [7, 11) is -5.53. The average Bonchev–Trinajstić information content (AvgIpc) is 3.31. The van der Waals surface area contributed by atoms with Crippen molar-refractivity contribution < 1.29 is 22.4 Å². The molecule has 0 amide bonds. The maximum Gasteiger partial charge on any atom is 0.466 e. The molecule has 0 spiro atoms. The predicted molar refractivity (Wildman–Crippen MR) is 247 cm³/mol. The summed E-state index contributed by atoms with van der Waals surface area (Å²) in [6, 6.07) is 33.5. The van der Waals surface area contributed by atoms with E-state index >= 15 is 0 Å². The molecule has 0 bridgehead atoms. The van der Waals surface area contributed by atoms with Gasteiger partial charge in [-0.1, -0.05) is 127 Å². The van der Waals surface area contributed by atoms with Crippen LogP contribution in [0.15, 0.2) is 110 Å². The second-order valence-corrected chi connectivity index (χ2v) is 24.8. The molecule has 4 saturated carbocycles. The lowest BCUT2D eigenvalue weighted by molar-refractivity contribution is 0.290. The molecule has 4 aromatic carbocycles. The van der Waals surface area contributed by atoms with Gasteiger partial charge in [-0.15, -0.1) is 0 Å². The van der Waals surface area contributed by atoms with E-state index in [0.29, 0.717) is 22.2 Å². The van der Waals surface area contributed by atoms with Gasteiger partial charge >= 0.3 is 17.1 Å². The molecule has 59 heavy (non-hydrogen) atoms. The van der Waals surface area contributed by atoms with E-state index in [0.717, 1.165) is 45.6 Å². The molecule has 0 atom stereocenters. The zero-order valence-corrected chi connectivity index (χ0v) is 37.3. The van der Waals surface area contributed by atoms with E-state index in [1.54, 1.807) is 0 Å². The molecule has 0 saturated heterocycles. The van der Waals surface area contributed by atoms with Gasteiger partial charge in [-0.25, -0.2) is 0 Å². The van der Waals surface area contributed by atoms with Crippen LogP contribution in [0.25, 0.3) is 12.2 Å². The van der Waals surface area contributed by atoms with Gasteiger partial charge < -0.3 is 22.4 Å². The molecule has 0 aliphatic heterocycles. The molecule has 0 radical (unpaired) electrons. The van der Waals surface area contributed by atoms with Crippen LogP contribution in [0.2, 0.25) is 22.2 Å². The Morgan fingerprint density at radius 3 is 0.780 bits per heavy atom. The Morgan fingerprint density at radius 2 is 0.542 bits per heavy atom. The number of benzene rings is 4. The standard InChI is InChI=1S/C52H66O5Si2/c1-3-41-25-29-45(30-26-41)54-58(49-17-9-5-10-18-49,50-19-11-6-12-20-50)56-47-37-33-43(34-38-47)53-44-35-39-48(40-36-44)57-59(51-21-13-7-14-22-51,52-23-15-8-16-24-52)55-46-31-27-42(4-2)28-32-46/h3-4,25-40,49-52H,1-2,5-24H2. The highest BCUT2D eigenvalue weighted by molar-refractivity contribution is 6.72. The average molecular weight is 827 g/mol. The molecule has 5 nitrogen and oxygen atoms in total. The summed E-state index contributed by atoms with van der Waals surface area (Å²) < 4.78 is 35.8. The first-order valence-corrected chi connectivity index (χ1v) is 27.1. The lowest BCUT2D eigenvalue weighted by Crippen LogP contribution is -2.57. The number of hydrogen-bond acceptors (Lipinski definition) is 5. The van der Waals surface area contributed by atoms with E-state index in [1.807, 2.05) is 12.2 Å². The van der Waals surface area contributed by atoms with Gasteiger partial charge in [0.25, 0.3) is 0 Å². The van der Waals surface area contributed by atoms with Gasteiger partial charge in [0.1, 0.15) is 34.5 Å². The summed E-state index contributed by atoms with van der Waals surface area (Å²) in [6.07, 6.45) is 28.6. The van der Waals surface area contributed by atoms with Crippen molar-refractivity contribution in [3.63, 3.8) is 0 Å². The first-order valence-electron chi connectivity index (χ1n) is 23.1. The Bertz CT molecular complexity index is 1730. The predicted octanol–water partition coefficient (Wildman–Crippen LogP) is 15.9. The Balaban J connectivity index is 1.01. The third-order valence-corrected chi connectivity index (χ3v) is 23.0. The first kappa shape index (κ1) is 41.5. The maximum absolute atomic E-state index is 7.37. The second-order valence-electron chi connectivity index (χ2n) is 17.8. The second kappa shape index (κ2) is 19.9. The van der Waals surface area contributed by atoms with Gasteiger partial charge in [-0.3, -0.25) is 0 Å². The minimum atomic E-state index is -2.77. The van der Waals surface area contributed by atoms with E-state index in [1.165, 1.54) is 128 Å². The molecule has 7 heteroatoms. The summed E-state index contributed by atoms with van der Waals surface area (Å²) >= 11 is 0. The van der Waals surface area contributed by atoms with Crippen molar-refractivity contribution in [3.8, 4) is 34.5 Å². The zero-order chi connectivity index (χ0) is 40.3. The fourth-order valence-corrected chi connectivity index (χ4v) is 20.4. The van der Waals surface area contributed by atoms with E-state index in [2.05, 4.69) is 110 Å². The summed E-state index contributed by atoms with van der Waals surface area (Å²) in [4.78, 5) is 0. The fraction of sp³-hybridized carbons (Fsp3) is 0.462. The van der Waals surface area contributed by atoms with Gasteiger partial charge in [0, 0.05) is 22.2 Å². The van der Waals surface area contributed by atoms with Gasteiger partial charge in [0.2, 0.25) is 0 Å². The van der Waals surface area contributed by atoms with Gasteiger partial charge in [0.05, 0.1) is 0 Å². The molecule has 4 aliphatic rings. The Morgan fingerprint density at radius 1 is 0.322 bits per heavy atom. The van der Waals surface area contributed by atoms with E-state index in [-0.39, 0.29) is 0 Å². The number of ether oxygens (including phenoxy) is 1. The molecule has 0 unspecified atom stereocenters. The Hall–Kier alpha value is -4.21. The summed E-state index contributed by atoms with van der Waals surface area (Å²) in [5, 5.41) is 0. The monoisotopic (exact) mass is 826 g/mol. The molecular formula is C52H66O5Si2. The SMILES string of the molecule is C=Cc1ccc(O[Si](Oc2ccc(Oc3ccc(O[Si](Oc4ccc(C=C)cc4)(C4CCCCC4)C4CCCCC4)cc3)cc2)(C2CCCCC2)C2CCCCC2)cc1. The van der Waals surface area contributed by atoms with Crippen molar-refractivity contribution in [1.82, 2.24) is 0 Å². The molecule has 0 heterocycles. The number of rotatable bonds is 16. The van der Waals surface area contributed by atoms with Crippen LogP contribution in [-0.2, 0) is 0 Å². The quantitative estimate of drug-likeness (QED) is 0.105. The lowest BCUT2D eigenvalue weighted by atomic mass is 9.99. The van der Waals surface area contributed by atoms with E-state index < -0.39 is 17.1 Å². The van der Waals surface area contributed by atoms with Crippen LogP contribution < -0.4 is 22.4 Å². The van der Waals surface area contributed by atoms with Crippen LogP contribution in [0.5, 0.6) is 34.5 Å². The highest BCUT2D eigenvalue weighted by Gasteiger charge is 2.58. The molecule has 8 rings (SSSR count). The van der Waals surface area contributed by atoms with Crippen molar-refractivity contribution >= 4 is 29.3 Å². The van der Waals surface area contributed by atoms with Gasteiger partial charge in [-0.2, -0.15) is 0 Å². The van der Waals surface area contributed by atoms with Crippen molar-refractivity contribution in [2.24, 2.45) is 0 Å². The molecule has 0 N–H and O–H groups in total. The summed E-state index contributed by atoms with van der Waals surface area (Å²) in [5.41, 5.74) is 4.08. The third kappa shape index (κ3) is 10.1. The third-order valence-electron chi connectivity index (χ3n) is 13.9. The van der Waals surface area contributed by atoms with Crippen LogP contribution in [-0.4, -0.2) is 17.1 Å². The van der Waals surface area contributed by atoms with E-state index in [9.17, 15) is 0 Å². The van der Waals surface area contributed by atoms with Crippen molar-refractivity contribution in [2.75, 3.05) is 0 Å². The largest absolute Gasteiger partial charge is 0.512 e. The van der Waals surface area contributed by atoms with Gasteiger partial charge in [-0.05, 0) is 135 Å². The Labute approximate surface area is 356 Å². The van der Waals surface area contributed by atoms with Crippen LogP contribution in [0.1, 0.15) is 140 Å². The van der Waals surface area contributed by atoms with Crippen molar-refractivity contribution in [2.45, 2.75) is 151 Å². The van der Waals surface area contributed by atoms with E-state index in [4.69, 9.17) is 22.4 Å². The minimum Gasteiger partial charge on any atom is -0.512 e. The molecular weight excluding hydrogens is 761 g/mol. The Kier molecular flexibility index (Phi) is 14.0. The lowest BCUT2D eigenvalue weighted by Gasteiger charge is -2.45. The molecule has 312 valence electrons. The molecule has 4 fully saturated rings. The summed E-state index contributed by atoms with van der Waals surface area (Å²) in [6.45, 7) is 7.92. The number of hydrogen-bond donors (Lipinski definition) is 0. The zero-order valence-electron chi connectivity index (χ0n) is 35.3. The fourth-order valence-electron chi connectivity index (χ4n) is 10.8. The highest BCUT2D eigenvalue weighted by Crippen LogP contribution is 2.51. The van der Waals surface area contributed by atoms with Crippen LogP contribution in [0, 0.1) is 0 Å². The molecule has 4 aliphatic carbocycles. The highest BCUT2D eigenvalue weighted by atomic mass is 28.4. The molecule has 0 aromatic heterocycles. The minimum absolute atomic E-state index is 0.469. The first-order chi connectivity index (χ1) is 29.0. The van der Waals surface area contributed by atoms with Crippen molar-refractivity contribution in [3.05, 3.63) is 121 Å². The van der Waals surface area contributed by atoms with Crippen LogP contribution in [0.3, 0.4) is 0 Å². The van der Waals surface area contributed by atoms with Gasteiger partial charge in [0.15, 0.2) is 0 Å². The van der Waals surface area contributed by atoms with Crippen molar-refractivity contribution in [1.29, 1.82) is 0 Å². The van der Waals surface area contributed by atoms with Crippen LogP contribution in [0.4, 0.5) is 0 Å². The molecule has 4 aromatic rings. The maximum atomic E-state index is 7.37.